The van der Waals surface area contributed by atoms with Gasteiger partial charge in [-0.05, 0) is 31.5 Å². The highest BCUT2D eigenvalue weighted by molar-refractivity contribution is 5.92. The summed E-state index contributed by atoms with van der Waals surface area (Å²) in [5.74, 6) is 1.37. The van der Waals surface area contributed by atoms with Gasteiger partial charge in [0, 0.05) is 18.3 Å². The van der Waals surface area contributed by atoms with E-state index in [2.05, 4.69) is 25.5 Å². The van der Waals surface area contributed by atoms with Crippen LogP contribution < -0.4 is 15.8 Å². The van der Waals surface area contributed by atoms with Crippen LogP contribution in [0.15, 0.2) is 30.5 Å². The topological polar surface area (TPSA) is 102 Å². The average molecular weight is 326 g/mol. The van der Waals surface area contributed by atoms with Crippen molar-refractivity contribution in [2.75, 3.05) is 25.5 Å². The molecule has 7 nitrogen and oxygen atoms in total. The van der Waals surface area contributed by atoms with E-state index in [0.29, 0.717) is 11.6 Å². The van der Waals surface area contributed by atoms with Gasteiger partial charge in [0.15, 0.2) is 5.65 Å². The van der Waals surface area contributed by atoms with Crippen molar-refractivity contribution in [2.45, 2.75) is 19.3 Å². The molecule has 0 aliphatic rings. The molecule has 0 radical (unpaired) electrons. The maximum Gasteiger partial charge on any atom is 0.224 e. The van der Waals surface area contributed by atoms with Crippen LogP contribution in [-0.4, -0.2) is 40.4 Å². The number of methoxy groups -OCH3 is 1. The maximum absolute atomic E-state index is 5.49. The normalized spacial score (nSPS) is 10.9. The molecule has 0 spiro atoms. The summed E-state index contributed by atoms with van der Waals surface area (Å²) >= 11 is 0. The first-order valence-corrected chi connectivity index (χ1v) is 8.12. The van der Waals surface area contributed by atoms with Crippen LogP contribution in [-0.2, 0) is 0 Å². The molecule has 3 aromatic rings. The van der Waals surface area contributed by atoms with E-state index in [4.69, 9.17) is 10.5 Å². The highest BCUT2D eigenvalue weighted by atomic mass is 16.5. The molecule has 2 aromatic heterocycles. The van der Waals surface area contributed by atoms with E-state index < -0.39 is 0 Å². The number of aromatic amines is 1. The van der Waals surface area contributed by atoms with Gasteiger partial charge >= 0.3 is 0 Å². The van der Waals surface area contributed by atoms with Crippen LogP contribution in [0.1, 0.15) is 19.3 Å². The number of nitrogens with two attached hydrogens (primary N) is 1. The van der Waals surface area contributed by atoms with Crippen molar-refractivity contribution in [3.63, 3.8) is 0 Å². The Balaban J connectivity index is 1.79. The fourth-order valence-corrected chi connectivity index (χ4v) is 2.59. The fourth-order valence-electron chi connectivity index (χ4n) is 2.59. The van der Waals surface area contributed by atoms with Gasteiger partial charge in [0.25, 0.3) is 0 Å². The molecule has 0 fully saturated rings. The molecule has 0 bridgehead atoms. The zero-order chi connectivity index (χ0) is 16.8. The first-order chi connectivity index (χ1) is 11.8. The molecule has 24 heavy (non-hydrogen) atoms. The molecular weight excluding hydrogens is 304 g/mol. The molecule has 0 amide bonds. The number of aromatic nitrogens is 4. The number of ether oxygens (including phenoxy) is 1. The molecule has 0 aliphatic heterocycles. The van der Waals surface area contributed by atoms with Gasteiger partial charge in [-0.15, -0.1) is 0 Å². The number of para-hydroxylation sites is 1. The number of hydrogen-bond donors (Lipinski definition) is 3. The molecular formula is C17H22N6O. The molecule has 0 unspecified atom stereocenters. The number of rotatable bonds is 8. The summed E-state index contributed by atoms with van der Waals surface area (Å²) in [6.45, 7) is 1.57. The summed E-state index contributed by atoms with van der Waals surface area (Å²) < 4.78 is 5.42. The second-order valence-electron chi connectivity index (χ2n) is 5.51. The quantitative estimate of drug-likeness (QED) is 0.550. The predicted molar refractivity (Wildman–Crippen MR) is 95.1 cm³/mol. The van der Waals surface area contributed by atoms with E-state index in [1.54, 1.807) is 13.3 Å². The number of unbranched alkanes of at least 4 members (excludes halogenated alkanes) is 2. The van der Waals surface area contributed by atoms with Crippen LogP contribution >= 0.6 is 0 Å². The summed E-state index contributed by atoms with van der Waals surface area (Å²) in [5, 5.41) is 11.4. The number of anilines is 1. The van der Waals surface area contributed by atoms with Gasteiger partial charge in [-0.2, -0.15) is 10.1 Å². The molecule has 0 saturated carbocycles. The van der Waals surface area contributed by atoms with E-state index in [1.165, 1.54) is 0 Å². The molecule has 3 rings (SSSR count). The third kappa shape index (κ3) is 3.46. The third-order valence-electron chi connectivity index (χ3n) is 3.85. The maximum atomic E-state index is 5.49. The second-order valence-corrected chi connectivity index (χ2v) is 5.51. The zero-order valence-corrected chi connectivity index (χ0v) is 13.7. The average Bonchev–Trinajstić information content (AvgIpc) is 3.04. The van der Waals surface area contributed by atoms with Crippen molar-refractivity contribution in [3.05, 3.63) is 30.5 Å². The number of hydrogen-bond acceptors (Lipinski definition) is 6. The zero-order valence-electron chi connectivity index (χ0n) is 13.7. The van der Waals surface area contributed by atoms with Gasteiger partial charge in [-0.25, -0.2) is 4.98 Å². The molecule has 0 atom stereocenters. The monoisotopic (exact) mass is 326 g/mol. The first kappa shape index (κ1) is 16.2. The summed E-state index contributed by atoms with van der Waals surface area (Å²) in [5.41, 5.74) is 7.92. The van der Waals surface area contributed by atoms with E-state index in [0.717, 1.165) is 54.7 Å². The Morgan fingerprint density at radius 3 is 2.92 bits per heavy atom. The van der Waals surface area contributed by atoms with Crippen LogP contribution in [0.5, 0.6) is 5.75 Å². The van der Waals surface area contributed by atoms with Crippen molar-refractivity contribution in [3.8, 4) is 17.0 Å². The third-order valence-corrected chi connectivity index (χ3v) is 3.85. The Bertz CT molecular complexity index is 801. The molecule has 4 N–H and O–H groups in total. The van der Waals surface area contributed by atoms with Crippen molar-refractivity contribution in [1.82, 2.24) is 20.2 Å². The number of nitrogens with zero attached hydrogens (tertiary/aromatic N) is 3. The SMILES string of the molecule is COc1ccccc1-c1[nH]nc2nc(NCCCCCN)ncc12. The number of benzene rings is 1. The lowest BCUT2D eigenvalue weighted by Crippen LogP contribution is -2.06. The van der Waals surface area contributed by atoms with E-state index in [-0.39, 0.29) is 0 Å². The Morgan fingerprint density at radius 2 is 2.08 bits per heavy atom. The molecule has 0 aliphatic carbocycles. The molecule has 7 heteroatoms. The lowest BCUT2D eigenvalue weighted by molar-refractivity contribution is 0.416. The lowest BCUT2D eigenvalue weighted by atomic mass is 10.1. The Kier molecular flexibility index (Phi) is 5.22. The highest BCUT2D eigenvalue weighted by Crippen LogP contribution is 2.32. The van der Waals surface area contributed by atoms with E-state index >= 15 is 0 Å². The smallest absolute Gasteiger partial charge is 0.224 e. The highest BCUT2D eigenvalue weighted by Gasteiger charge is 2.13. The summed E-state index contributed by atoms with van der Waals surface area (Å²) in [7, 11) is 1.65. The minimum Gasteiger partial charge on any atom is -0.496 e. The van der Waals surface area contributed by atoms with Gasteiger partial charge in [0.1, 0.15) is 5.75 Å². The van der Waals surface area contributed by atoms with Gasteiger partial charge in [-0.3, -0.25) is 5.10 Å². The number of H-pyrrole nitrogens is 1. The standard InChI is InChI=1S/C17H22N6O/c1-24-14-8-4-3-7-12(14)15-13-11-20-17(21-16(13)23-22-15)19-10-6-2-5-9-18/h3-4,7-8,11H,2,5-6,9-10,18H2,1H3,(H2,19,20,21,22,23). The number of fused-ring (bicyclic) bond motifs is 1. The van der Waals surface area contributed by atoms with Crippen molar-refractivity contribution in [1.29, 1.82) is 0 Å². The van der Waals surface area contributed by atoms with E-state index in [1.807, 2.05) is 24.3 Å². The van der Waals surface area contributed by atoms with Gasteiger partial charge < -0.3 is 15.8 Å². The Morgan fingerprint density at radius 1 is 1.21 bits per heavy atom. The Labute approximate surface area is 140 Å². The van der Waals surface area contributed by atoms with Crippen molar-refractivity contribution in [2.24, 2.45) is 5.73 Å². The van der Waals surface area contributed by atoms with Crippen molar-refractivity contribution >= 4 is 17.0 Å². The molecule has 126 valence electrons. The summed E-state index contributed by atoms with van der Waals surface area (Å²) in [6.07, 6.45) is 4.98. The minimum absolute atomic E-state index is 0.591. The van der Waals surface area contributed by atoms with Crippen LogP contribution in [0, 0.1) is 0 Å². The number of nitrogens with one attached hydrogen (secondary N) is 2. The predicted octanol–water partition coefficient (Wildman–Crippen LogP) is 2.57. The van der Waals surface area contributed by atoms with Crippen LogP contribution in [0.2, 0.25) is 0 Å². The van der Waals surface area contributed by atoms with Crippen LogP contribution in [0.25, 0.3) is 22.3 Å². The van der Waals surface area contributed by atoms with Gasteiger partial charge in [0.05, 0.1) is 18.2 Å². The minimum atomic E-state index is 0.591. The Hall–Kier alpha value is -2.67. The lowest BCUT2D eigenvalue weighted by Gasteiger charge is -2.06. The second kappa shape index (κ2) is 7.74. The summed E-state index contributed by atoms with van der Waals surface area (Å²) in [6, 6.07) is 7.79. The summed E-state index contributed by atoms with van der Waals surface area (Å²) in [4.78, 5) is 8.86. The van der Waals surface area contributed by atoms with Crippen molar-refractivity contribution < 1.29 is 4.74 Å². The molecule has 0 saturated heterocycles. The van der Waals surface area contributed by atoms with Crippen LogP contribution in [0.3, 0.4) is 0 Å². The fraction of sp³-hybridized carbons (Fsp3) is 0.353. The largest absolute Gasteiger partial charge is 0.496 e. The first-order valence-electron chi connectivity index (χ1n) is 8.12. The van der Waals surface area contributed by atoms with Gasteiger partial charge in [-0.1, -0.05) is 18.6 Å². The van der Waals surface area contributed by atoms with Crippen LogP contribution in [0.4, 0.5) is 5.95 Å². The van der Waals surface area contributed by atoms with E-state index in [9.17, 15) is 0 Å². The van der Waals surface area contributed by atoms with Gasteiger partial charge in [0.2, 0.25) is 5.95 Å². The molecule has 2 heterocycles. The molecule has 1 aromatic carbocycles.